The third kappa shape index (κ3) is 3.69. The van der Waals surface area contributed by atoms with Crippen molar-refractivity contribution >= 4 is 28.6 Å². The van der Waals surface area contributed by atoms with Crippen molar-refractivity contribution < 1.29 is 9.90 Å². The molecule has 0 saturated heterocycles. The zero-order valence-electron chi connectivity index (χ0n) is 12.6. The molecule has 5 nitrogen and oxygen atoms in total. The third-order valence-corrected chi connectivity index (χ3v) is 5.30. The largest absolute Gasteiger partial charge is 0.380 e. The van der Waals surface area contributed by atoms with Gasteiger partial charge in [-0.05, 0) is 22.9 Å². The van der Waals surface area contributed by atoms with Crippen molar-refractivity contribution in [2.45, 2.75) is 19.2 Å². The predicted molar refractivity (Wildman–Crippen MR) is 91.4 cm³/mol. The summed E-state index contributed by atoms with van der Waals surface area (Å²) >= 11 is 3.10. The Bertz CT molecular complexity index is 750. The van der Waals surface area contributed by atoms with Crippen LogP contribution in [0.1, 0.15) is 21.7 Å². The lowest BCUT2D eigenvalue weighted by Gasteiger charge is -2.18. The number of aliphatic hydroxyl groups is 1. The van der Waals surface area contributed by atoms with E-state index in [0.717, 1.165) is 9.75 Å². The second-order valence-electron chi connectivity index (χ2n) is 5.16. The molecular weight excluding hydrogens is 330 g/mol. The number of aliphatic hydroxyl groups excluding tert-OH is 1. The molecule has 0 aliphatic rings. The molecule has 3 rings (SSSR count). The summed E-state index contributed by atoms with van der Waals surface area (Å²) in [5, 5.41) is 14.3. The highest BCUT2D eigenvalue weighted by Crippen LogP contribution is 2.24. The van der Waals surface area contributed by atoms with Gasteiger partial charge in [0.15, 0.2) is 0 Å². The number of nitrogens with zero attached hydrogens (tertiary/aromatic N) is 3. The van der Waals surface area contributed by atoms with Crippen molar-refractivity contribution in [2.75, 3.05) is 7.05 Å². The maximum atomic E-state index is 12.4. The van der Waals surface area contributed by atoms with Gasteiger partial charge in [-0.3, -0.25) is 4.79 Å². The van der Waals surface area contributed by atoms with Crippen LogP contribution in [0.25, 0.3) is 0 Å². The number of hydrogen-bond acceptors (Lipinski definition) is 5. The molecular formula is C16H17N3O2S2. The number of hydrogen-bond donors (Lipinski definition) is 1. The van der Waals surface area contributed by atoms with E-state index >= 15 is 0 Å². The summed E-state index contributed by atoms with van der Waals surface area (Å²) in [6.45, 7) is 0.758. The SMILES string of the molecule is CN(Cc1cccs1)C(=O)Cn1ccnc1[C@@H](O)c1cccs1. The first-order valence-electron chi connectivity index (χ1n) is 7.14. The predicted octanol–water partition coefficient (Wildman–Crippen LogP) is 2.75. The second kappa shape index (κ2) is 7.08. The van der Waals surface area contributed by atoms with E-state index in [9.17, 15) is 9.90 Å². The second-order valence-corrected chi connectivity index (χ2v) is 7.17. The van der Waals surface area contributed by atoms with Crippen LogP contribution >= 0.6 is 22.7 Å². The van der Waals surface area contributed by atoms with Gasteiger partial charge in [-0.25, -0.2) is 4.98 Å². The van der Waals surface area contributed by atoms with E-state index in [-0.39, 0.29) is 12.5 Å². The number of amides is 1. The number of likely N-dealkylation sites (N-methyl/N-ethyl adjacent to an activating group) is 1. The minimum absolute atomic E-state index is 0.0176. The van der Waals surface area contributed by atoms with Gasteiger partial charge in [-0.1, -0.05) is 12.1 Å². The van der Waals surface area contributed by atoms with Crippen LogP contribution in [0.5, 0.6) is 0 Å². The number of carbonyl (C=O) groups excluding carboxylic acids is 1. The molecule has 0 aromatic carbocycles. The minimum Gasteiger partial charge on any atom is -0.380 e. The molecule has 3 heterocycles. The molecule has 0 bridgehead atoms. The highest BCUT2D eigenvalue weighted by molar-refractivity contribution is 7.10. The van der Waals surface area contributed by atoms with Gasteiger partial charge >= 0.3 is 0 Å². The lowest BCUT2D eigenvalue weighted by Crippen LogP contribution is -2.30. The van der Waals surface area contributed by atoms with E-state index in [1.807, 2.05) is 35.0 Å². The van der Waals surface area contributed by atoms with Crippen LogP contribution in [0.3, 0.4) is 0 Å². The van der Waals surface area contributed by atoms with Crippen LogP contribution in [-0.2, 0) is 17.9 Å². The Morgan fingerprint density at radius 3 is 2.83 bits per heavy atom. The topological polar surface area (TPSA) is 58.4 Å². The smallest absolute Gasteiger partial charge is 0.242 e. The van der Waals surface area contributed by atoms with E-state index in [2.05, 4.69) is 4.98 Å². The Labute approximate surface area is 142 Å². The maximum Gasteiger partial charge on any atom is 0.242 e. The standard InChI is InChI=1S/C16H17N3O2S2/c1-18(10-12-4-2-8-22-12)14(20)11-19-7-6-17-16(19)15(21)13-5-3-9-23-13/h2-9,15,21H,10-11H2,1H3/t15-/m0/s1. The molecule has 0 saturated carbocycles. The first kappa shape index (κ1) is 15.9. The summed E-state index contributed by atoms with van der Waals surface area (Å²) in [5.41, 5.74) is 0. The normalized spacial score (nSPS) is 12.3. The fourth-order valence-electron chi connectivity index (χ4n) is 2.27. The summed E-state index contributed by atoms with van der Waals surface area (Å²) in [6.07, 6.45) is 2.53. The Hall–Kier alpha value is -1.96. The summed E-state index contributed by atoms with van der Waals surface area (Å²) in [4.78, 5) is 20.3. The van der Waals surface area contributed by atoms with E-state index in [0.29, 0.717) is 12.4 Å². The average molecular weight is 347 g/mol. The quantitative estimate of drug-likeness (QED) is 0.746. The van der Waals surface area contributed by atoms with Crippen LogP contribution in [0.4, 0.5) is 0 Å². The van der Waals surface area contributed by atoms with Gasteiger partial charge in [0.2, 0.25) is 5.91 Å². The van der Waals surface area contributed by atoms with Crippen LogP contribution in [0, 0.1) is 0 Å². The van der Waals surface area contributed by atoms with Gasteiger partial charge < -0.3 is 14.6 Å². The molecule has 0 fully saturated rings. The molecule has 0 radical (unpaired) electrons. The van der Waals surface area contributed by atoms with Crippen LogP contribution in [-0.4, -0.2) is 32.5 Å². The molecule has 1 N–H and O–H groups in total. The molecule has 1 atom stereocenters. The van der Waals surface area contributed by atoms with E-state index < -0.39 is 6.10 Å². The molecule has 120 valence electrons. The Morgan fingerprint density at radius 1 is 1.35 bits per heavy atom. The first-order valence-corrected chi connectivity index (χ1v) is 8.90. The monoisotopic (exact) mass is 347 g/mol. The summed E-state index contributed by atoms with van der Waals surface area (Å²) < 4.78 is 1.71. The summed E-state index contributed by atoms with van der Waals surface area (Å²) in [5.74, 6) is 0.473. The lowest BCUT2D eigenvalue weighted by molar-refractivity contribution is -0.131. The fraction of sp³-hybridized carbons (Fsp3) is 0.250. The van der Waals surface area contributed by atoms with Gasteiger partial charge in [0, 0.05) is 29.2 Å². The van der Waals surface area contributed by atoms with Crippen molar-refractivity contribution in [3.05, 3.63) is 63.0 Å². The average Bonchev–Trinajstić information content (AvgIpc) is 3.29. The van der Waals surface area contributed by atoms with Crippen molar-refractivity contribution in [2.24, 2.45) is 0 Å². The first-order chi connectivity index (χ1) is 11.1. The van der Waals surface area contributed by atoms with Gasteiger partial charge in [0.25, 0.3) is 0 Å². The van der Waals surface area contributed by atoms with Gasteiger partial charge in [0.1, 0.15) is 18.5 Å². The third-order valence-electron chi connectivity index (χ3n) is 3.51. The Morgan fingerprint density at radius 2 is 2.13 bits per heavy atom. The van der Waals surface area contributed by atoms with Crippen LogP contribution in [0.15, 0.2) is 47.4 Å². The highest BCUT2D eigenvalue weighted by Gasteiger charge is 2.19. The van der Waals surface area contributed by atoms with Gasteiger partial charge in [-0.15, -0.1) is 22.7 Å². The molecule has 3 aromatic heterocycles. The maximum absolute atomic E-state index is 12.4. The van der Waals surface area contributed by atoms with Crippen molar-refractivity contribution in [1.82, 2.24) is 14.5 Å². The molecule has 0 aliphatic heterocycles. The van der Waals surface area contributed by atoms with Gasteiger partial charge in [0.05, 0.1) is 6.54 Å². The summed E-state index contributed by atoms with van der Waals surface area (Å²) in [6, 6.07) is 7.73. The molecule has 0 aliphatic carbocycles. The van der Waals surface area contributed by atoms with E-state index in [1.54, 1.807) is 40.2 Å². The summed E-state index contributed by atoms with van der Waals surface area (Å²) in [7, 11) is 1.79. The molecule has 7 heteroatoms. The van der Waals surface area contributed by atoms with Crippen LogP contribution < -0.4 is 0 Å². The number of rotatable bonds is 6. The van der Waals surface area contributed by atoms with Crippen molar-refractivity contribution in [3.8, 4) is 0 Å². The molecule has 3 aromatic rings. The van der Waals surface area contributed by atoms with Crippen LogP contribution in [0.2, 0.25) is 0 Å². The minimum atomic E-state index is -0.805. The molecule has 1 amide bonds. The van der Waals surface area contributed by atoms with Crippen molar-refractivity contribution in [1.29, 1.82) is 0 Å². The lowest BCUT2D eigenvalue weighted by atomic mass is 10.2. The Kier molecular flexibility index (Phi) is 4.90. The molecule has 0 spiro atoms. The number of thiophene rings is 2. The highest BCUT2D eigenvalue weighted by atomic mass is 32.1. The number of aromatic nitrogens is 2. The van der Waals surface area contributed by atoms with Crippen molar-refractivity contribution in [3.63, 3.8) is 0 Å². The molecule has 0 unspecified atom stereocenters. The fourth-order valence-corrected chi connectivity index (χ4v) is 3.73. The van der Waals surface area contributed by atoms with E-state index in [1.165, 1.54) is 11.3 Å². The zero-order chi connectivity index (χ0) is 16.2. The number of imidazole rings is 1. The van der Waals surface area contributed by atoms with Gasteiger partial charge in [-0.2, -0.15) is 0 Å². The van der Waals surface area contributed by atoms with E-state index in [4.69, 9.17) is 0 Å². The molecule has 23 heavy (non-hydrogen) atoms. The zero-order valence-corrected chi connectivity index (χ0v) is 14.3. The Balaban J connectivity index is 1.68. The number of carbonyl (C=O) groups is 1.